The number of aliphatic hydroxyl groups excluding tert-OH is 3. The Balaban J connectivity index is 2.46. The van der Waals surface area contributed by atoms with E-state index in [0.717, 1.165) is 0 Å². The van der Waals surface area contributed by atoms with Gasteiger partial charge in [0.25, 0.3) is 0 Å². The quantitative estimate of drug-likeness (QED) is 0.310. The summed E-state index contributed by atoms with van der Waals surface area (Å²) in [5, 5.41) is 32.4. The number of amides is 1. The van der Waals surface area contributed by atoms with Gasteiger partial charge in [-0.15, -0.1) is 0 Å². The summed E-state index contributed by atoms with van der Waals surface area (Å²) in [7, 11) is 0. The first-order chi connectivity index (χ1) is 13.9. The largest absolute Gasteiger partial charge is 0.394 e. The van der Waals surface area contributed by atoms with Gasteiger partial charge in [0.1, 0.15) is 12.2 Å². The van der Waals surface area contributed by atoms with Crippen molar-refractivity contribution in [3.8, 4) is 0 Å². The molecule has 1 aliphatic rings. The highest BCUT2D eigenvalue weighted by Gasteiger charge is 2.44. The number of hydrogen-bond donors (Lipinski definition) is 4. The smallest absolute Gasteiger partial charge is 0.222 e. The van der Waals surface area contributed by atoms with Crippen LogP contribution in [0.25, 0.3) is 0 Å². The molecule has 5 unspecified atom stereocenters. The summed E-state index contributed by atoms with van der Waals surface area (Å²) in [6, 6.07) is 0. The molecule has 0 aliphatic carbocycles. The predicted octanol–water partition coefficient (Wildman–Crippen LogP) is 0.585. The van der Waals surface area contributed by atoms with Crippen LogP contribution < -0.4 is 5.32 Å². The van der Waals surface area contributed by atoms with Crippen molar-refractivity contribution in [2.45, 2.75) is 90.2 Å². The molecule has 5 atom stereocenters. The Kier molecular flexibility index (Phi) is 11.1. The lowest BCUT2D eigenvalue weighted by Gasteiger charge is -2.44. The number of nitrogens with one attached hydrogen (secondary N) is 1. The van der Waals surface area contributed by atoms with Crippen molar-refractivity contribution in [2.75, 3.05) is 33.0 Å². The van der Waals surface area contributed by atoms with Crippen LogP contribution >= 0.6 is 0 Å². The summed E-state index contributed by atoms with van der Waals surface area (Å²) in [4.78, 5) is 11.8. The molecular formula is C21H41NO8. The van der Waals surface area contributed by atoms with Crippen LogP contribution in [-0.4, -0.2) is 90.0 Å². The summed E-state index contributed by atoms with van der Waals surface area (Å²) in [6.07, 6.45) is -2.94. The average molecular weight is 436 g/mol. The number of carbonyl (C=O) groups excluding carboxylic acids is 1. The lowest BCUT2D eigenvalue weighted by molar-refractivity contribution is -0.313. The highest BCUT2D eigenvalue weighted by Crippen LogP contribution is 2.30. The van der Waals surface area contributed by atoms with E-state index in [-0.39, 0.29) is 12.5 Å². The summed E-state index contributed by atoms with van der Waals surface area (Å²) in [5.41, 5.74) is -1.23. The molecule has 1 rings (SSSR count). The van der Waals surface area contributed by atoms with E-state index in [4.69, 9.17) is 18.9 Å². The lowest BCUT2D eigenvalue weighted by Crippen LogP contribution is -2.57. The highest BCUT2D eigenvalue weighted by molar-refractivity contribution is 5.75. The minimum absolute atomic E-state index is 0.0504. The molecule has 0 radical (unpaired) electrons. The van der Waals surface area contributed by atoms with Crippen molar-refractivity contribution >= 4 is 5.91 Å². The van der Waals surface area contributed by atoms with Gasteiger partial charge in [0, 0.05) is 25.5 Å². The molecule has 0 spiro atoms. The fourth-order valence-electron chi connectivity index (χ4n) is 3.05. The average Bonchev–Trinajstić information content (AvgIpc) is 2.67. The molecule has 178 valence electrons. The van der Waals surface area contributed by atoms with Crippen LogP contribution in [0.4, 0.5) is 0 Å². The maximum atomic E-state index is 11.8. The predicted molar refractivity (Wildman–Crippen MR) is 111 cm³/mol. The van der Waals surface area contributed by atoms with Crippen LogP contribution in [0, 0.1) is 5.92 Å². The van der Waals surface area contributed by atoms with Crippen molar-refractivity contribution < 1.29 is 39.1 Å². The number of ether oxygens (including phenoxy) is 4. The van der Waals surface area contributed by atoms with Crippen molar-refractivity contribution in [1.82, 2.24) is 5.32 Å². The number of hydrogen-bond acceptors (Lipinski definition) is 8. The van der Waals surface area contributed by atoms with Crippen molar-refractivity contribution in [2.24, 2.45) is 5.92 Å². The van der Waals surface area contributed by atoms with Gasteiger partial charge in [-0.25, -0.2) is 0 Å². The van der Waals surface area contributed by atoms with E-state index in [2.05, 4.69) is 5.32 Å². The minimum Gasteiger partial charge on any atom is -0.394 e. The van der Waals surface area contributed by atoms with Crippen LogP contribution in [-0.2, 0) is 23.7 Å². The molecule has 0 aromatic heterocycles. The summed E-state index contributed by atoms with van der Waals surface area (Å²) in [6.45, 7) is 12.5. The molecule has 1 fully saturated rings. The van der Waals surface area contributed by atoms with Crippen LogP contribution in [0.1, 0.15) is 54.4 Å². The molecule has 1 aliphatic heterocycles. The summed E-state index contributed by atoms with van der Waals surface area (Å²) < 4.78 is 22.9. The number of carbonyl (C=O) groups is 1. The van der Waals surface area contributed by atoms with E-state index in [1.54, 1.807) is 6.92 Å². The number of aliphatic hydroxyl groups is 3. The zero-order valence-corrected chi connectivity index (χ0v) is 19.2. The molecule has 9 nitrogen and oxygen atoms in total. The fourth-order valence-corrected chi connectivity index (χ4v) is 3.05. The maximum Gasteiger partial charge on any atom is 0.222 e. The molecule has 1 heterocycles. The van der Waals surface area contributed by atoms with Gasteiger partial charge in [-0.3, -0.25) is 4.79 Å². The van der Waals surface area contributed by atoms with Gasteiger partial charge in [-0.1, -0.05) is 6.92 Å². The Morgan fingerprint density at radius 1 is 1.13 bits per heavy atom. The second-order valence-electron chi connectivity index (χ2n) is 9.04. The van der Waals surface area contributed by atoms with E-state index in [9.17, 15) is 20.1 Å². The molecular weight excluding hydrogens is 394 g/mol. The van der Waals surface area contributed by atoms with E-state index in [1.165, 1.54) is 0 Å². The Morgan fingerprint density at radius 3 is 2.40 bits per heavy atom. The first kappa shape index (κ1) is 27.2. The summed E-state index contributed by atoms with van der Waals surface area (Å²) >= 11 is 0. The first-order valence-electron chi connectivity index (χ1n) is 10.7. The Hall–Kier alpha value is -0.810. The standard InChI is InChI=1S/C21H41NO8/c1-7-27-11-8-16(24)22-10-9-20(3,4)28-13-21(5,6)30-19-14(2)17(25)18(26)15(12-23)29-19/h14-15,17-19,23,25-26H,7-13H2,1-6H3,(H,22,24). The molecule has 30 heavy (non-hydrogen) atoms. The maximum absolute atomic E-state index is 11.8. The van der Waals surface area contributed by atoms with E-state index >= 15 is 0 Å². The van der Waals surface area contributed by atoms with Gasteiger partial charge in [-0.05, 0) is 41.0 Å². The van der Waals surface area contributed by atoms with Crippen molar-refractivity contribution in [3.05, 3.63) is 0 Å². The van der Waals surface area contributed by atoms with Crippen LogP contribution in [0.5, 0.6) is 0 Å². The van der Waals surface area contributed by atoms with Crippen LogP contribution in [0.3, 0.4) is 0 Å². The molecule has 1 saturated heterocycles. The SMILES string of the molecule is CCOCCC(=O)NCCC(C)(C)OCC(C)(C)OC1OC(CO)C(O)C(O)C1C. The van der Waals surface area contributed by atoms with E-state index in [1.807, 2.05) is 34.6 Å². The zero-order chi connectivity index (χ0) is 22.9. The molecule has 1 amide bonds. The molecule has 0 aromatic carbocycles. The summed E-state index contributed by atoms with van der Waals surface area (Å²) in [5.74, 6) is -0.521. The van der Waals surface area contributed by atoms with E-state index in [0.29, 0.717) is 32.6 Å². The van der Waals surface area contributed by atoms with Gasteiger partial charge < -0.3 is 39.6 Å². The molecule has 0 saturated carbocycles. The van der Waals surface area contributed by atoms with Gasteiger partial charge >= 0.3 is 0 Å². The van der Waals surface area contributed by atoms with Crippen molar-refractivity contribution in [1.29, 1.82) is 0 Å². The Morgan fingerprint density at radius 2 is 1.80 bits per heavy atom. The molecule has 0 bridgehead atoms. The van der Waals surface area contributed by atoms with Gasteiger partial charge in [0.2, 0.25) is 5.91 Å². The zero-order valence-electron chi connectivity index (χ0n) is 19.2. The first-order valence-corrected chi connectivity index (χ1v) is 10.7. The van der Waals surface area contributed by atoms with Crippen molar-refractivity contribution in [3.63, 3.8) is 0 Å². The second-order valence-corrected chi connectivity index (χ2v) is 9.04. The number of rotatable bonds is 13. The molecule has 4 N–H and O–H groups in total. The monoisotopic (exact) mass is 435 g/mol. The normalized spacial score (nSPS) is 27.8. The second kappa shape index (κ2) is 12.3. The Bertz CT molecular complexity index is 511. The topological polar surface area (TPSA) is 127 Å². The Labute approximate surface area is 180 Å². The third-order valence-corrected chi connectivity index (χ3v) is 5.16. The van der Waals surface area contributed by atoms with Crippen LogP contribution in [0.15, 0.2) is 0 Å². The van der Waals surface area contributed by atoms with Gasteiger partial charge in [0.15, 0.2) is 6.29 Å². The highest BCUT2D eigenvalue weighted by atomic mass is 16.7. The van der Waals surface area contributed by atoms with Crippen LogP contribution in [0.2, 0.25) is 0 Å². The third kappa shape index (κ3) is 9.13. The molecule has 9 heteroatoms. The lowest BCUT2D eigenvalue weighted by atomic mass is 9.92. The third-order valence-electron chi connectivity index (χ3n) is 5.16. The fraction of sp³-hybridized carbons (Fsp3) is 0.952. The van der Waals surface area contributed by atoms with Gasteiger partial charge in [-0.2, -0.15) is 0 Å². The minimum atomic E-state index is -1.16. The van der Waals surface area contributed by atoms with Gasteiger partial charge in [0.05, 0.1) is 37.1 Å². The molecule has 0 aromatic rings. The van der Waals surface area contributed by atoms with E-state index < -0.39 is 48.3 Å².